The zero-order valence-corrected chi connectivity index (χ0v) is 13.2. The van der Waals surface area contributed by atoms with Gasteiger partial charge in [0, 0.05) is 10.7 Å². The van der Waals surface area contributed by atoms with Crippen LogP contribution >= 0.6 is 27.5 Å². The molecular formula is C13H14BrClN2O2. The zero-order valence-electron chi connectivity index (χ0n) is 10.9. The number of nitrogens with zero attached hydrogens (tertiary/aromatic N) is 2. The van der Waals surface area contributed by atoms with Crippen molar-refractivity contribution in [3.8, 4) is 12.3 Å². The molecule has 1 amide bonds. The molecule has 1 aromatic rings. The molecule has 1 heterocycles. The lowest BCUT2D eigenvalue weighted by atomic mass is 10.2. The Morgan fingerprint density at radius 1 is 1.63 bits per heavy atom. The molecule has 0 aliphatic heterocycles. The molecule has 0 saturated carbocycles. The number of carbonyl (C=O) groups excluding carboxylic acids is 1. The molecule has 0 aliphatic carbocycles. The van der Waals surface area contributed by atoms with Crippen molar-refractivity contribution in [3.05, 3.63) is 21.8 Å². The summed E-state index contributed by atoms with van der Waals surface area (Å²) in [7, 11) is 0. The SMILES string of the molecule is C#CCN(C(=O)OC(C)(C)C)c1nccc(Br)c1Cl. The van der Waals surface area contributed by atoms with Gasteiger partial charge in [0.05, 0.1) is 11.6 Å². The van der Waals surface area contributed by atoms with Gasteiger partial charge in [-0.25, -0.2) is 14.7 Å². The van der Waals surface area contributed by atoms with Crippen LogP contribution in [0.3, 0.4) is 0 Å². The number of aromatic nitrogens is 1. The van der Waals surface area contributed by atoms with E-state index in [1.54, 1.807) is 26.8 Å². The Kier molecular flexibility index (Phi) is 5.21. The van der Waals surface area contributed by atoms with E-state index in [-0.39, 0.29) is 12.4 Å². The van der Waals surface area contributed by atoms with Gasteiger partial charge >= 0.3 is 6.09 Å². The fourth-order valence-corrected chi connectivity index (χ4v) is 1.74. The fraction of sp³-hybridized carbons (Fsp3) is 0.385. The van der Waals surface area contributed by atoms with Crippen LogP contribution in [0.5, 0.6) is 0 Å². The second kappa shape index (κ2) is 6.27. The first-order chi connectivity index (χ1) is 8.76. The van der Waals surface area contributed by atoms with Crippen LogP contribution in [0.4, 0.5) is 10.6 Å². The molecule has 0 bridgehead atoms. The van der Waals surface area contributed by atoms with Crippen LogP contribution in [-0.4, -0.2) is 23.2 Å². The summed E-state index contributed by atoms with van der Waals surface area (Å²) >= 11 is 9.39. The fourth-order valence-electron chi connectivity index (χ4n) is 1.23. The Balaban J connectivity index is 3.11. The summed E-state index contributed by atoms with van der Waals surface area (Å²) in [5, 5.41) is 0.309. The number of terminal acetylenes is 1. The molecule has 1 aromatic heterocycles. The zero-order chi connectivity index (χ0) is 14.6. The standard InChI is InChI=1S/C13H14BrClN2O2/c1-5-8-17(12(18)19-13(2,3)4)11-10(15)9(14)6-7-16-11/h1,6-7H,8H2,2-4H3. The van der Waals surface area contributed by atoms with E-state index >= 15 is 0 Å². The number of ether oxygens (including phenoxy) is 1. The smallest absolute Gasteiger partial charge is 0.416 e. The van der Waals surface area contributed by atoms with Crippen molar-refractivity contribution in [2.75, 3.05) is 11.4 Å². The normalized spacial score (nSPS) is 10.7. The lowest BCUT2D eigenvalue weighted by Gasteiger charge is -2.26. The lowest BCUT2D eigenvalue weighted by Crippen LogP contribution is -2.37. The van der Waals surface area contributed by atoms with Gasteiger partial charge in [-0.1, -0.05) is 17.5 Å². The van der Waals surface area contributed by atoms with E-state index < -0.39 is 11.7 Å². The van der Waals surface area contributed by atoms with Crippen molar-refractivity contribution >= 4 is 39.4 Å². The summed E-state index contributed by atoms with van der Waals surface area (Å²) in [5.41, 5.74) is -0.623. The van der Waals surface area contributed by atoms with Crippen LogP contribution in [0.1, 0.15) is 20.8 Å². The number of rotatable bonds is 2. The summed E-state index contributed by atoms with van der Waals surface area (Å²) < 4.78 is 5.91. The van der Waals surface area contributed by atoms with E-state index in [1.807, 2.05) is 0 Å². The molecule has 0 saturated heterocycles. The third kappa shape index (κ3) is 4.41. The van der Waals surface area contributed by atoms with Crippen LogP contribution in [0.2, 0.25) is 5.02 Å². The molecule has 0 N–H and O–H groups in total. The van der Waals surface area contributed by atoms with Gasteiger partial charge in [0.15, 0.2) is 5.82 Å². The Hall–Kier alpha value is -1.25. The number of amides is 1. The van der Waals surface area contributed by atoms with Gasteiger partial charge in [0.25, 0.3) is 0 Å². The van der Waals surface area contributed by atoms with Crippen LogP contribution < -0.4 is 4.90 Å². The van der Waals surface area contributed by atoms with E-state index in [0.29, 0.717) is 9.50 Å². The topological polar surface area (TPSA) is 42.4 Å². The Morgan fingerprint density at radius 3 is 2.79 bits per heavy atom. The van der Waals surface area contributed by atoms with E-state index in [0.717, 1.165) is 0 Å². The van der Waals surface area contributed by atoms with Gasteiger partial charge in [0.2, 0.25) is 0 Å². The Bertz CT molecular complexity index is 520. The van der Waals surface area contributed by atoms with E-state index in [2.05, 4.69) is 26.8 Å². The van der Waals surface area contributed by atoms with Crippen molar-refractivity contribution in [2.45, 2.75) is 26.4 Å². The number of anilines is 1. The monoisotopic (exact) mass is 344 g/mol. The van der Waals surface area contributed by atoms with E-state index in [9.17, 15) is 4.79 Å². The van der Waals surface area contributed by atoms with Crippen molar-refractivity contribution in [2.24, 2.45) is 0 Å². The van der Waals surface area contributed by atoms with Crippen LogP contribution in [-0.2, 0) is 4.74 Å². The number of hydrogen-bond acceptors (Lipinski definition) is 3. The van der Waals surface area contributed by atoms with Gasteiger partial charge in [0.1, 0.15) is 5.60 Å². The van der Waals surface area contributed by atoms with Crippen molar-refractivity contribution in [1.29, 1.82) is 0 Å². The highest BCUT2D eigenvalue weighted by molar-refractivity contribution is 9.10. The minimum absolute atomic E-state index is 0.0259. The van der Waals surface area contributed by atoms with E-state index in [4.69, 9.17) is 22.8 Å². The first-order valence-electron chi connectivity index (χ1n) is 5.50. The van der Waals surface area contributed by atoms with E-state index in [1.165, 1.54) is 11.1 Å². The molecule has 19 heavy (non-hydrogen) atoms. The predicted octanol–water partition coefficient (Wildman–Crippen LogP) is 3.87. The number of halogens is 2. The predicted molar refractivity (Wildman–Crippen MR) is 79.4 cm³/mol. The summed E-state index contributed by atoms with van der Waals surface area (Å²) in [4.78, 5) is 17.4. The molecule has 0 fully saturated rings. The number of hydrogen-bond donors (Lipinski definition) is 0. The molecule has 0 atom stereocenters. The maximum absolute atomic E-state index is 12.1. The van der Waals surface area contributed by atoms with Gasteiger partial charge in [-0.3, -0.25) is 0 Å². The summed E-state index contributed by atoms with van der Waals surface area (Å²) in [6, 6.07) is 1.68. The van der Waals surface area contributed by atoms with Crippen molar-refractivity contribution < 1.29 is 9.53 Å². The molecule has 102 valence electrons. The van der Waals surface area contributed by atoms with Gasteiger partial charge in [-0.05, 0) is 42.8 Å². The Morgan fingerprint density at radius 2 is 2.26 bits per heavy atom. The van der Waals surface area contributed by atoms with Crippen LogP contribution in [0.25, 0.3) is 0 Å². The van der Waals surface area contributed by atoms with Crippen LogP contribution in [0.15, 0.2) is 16.7 Å². The number of carbonyl (C=O) groups is 1. The molecule has 1 rings (SSSR count). The largest absolute Gasteiger partial charge is 0.443 e. The highest BCUT2D eigenvalue weighted by atomic mass is 79.9. The average Bonchev–Trinajstić information content (AvgIpc) is 2.28. The second-order valence-electron chi connectivity index (χ2n) is 4.70. The molecule has 0 spiro atoms. The average molecular weight is 346 g/mol. The molecule has 0 aliphatic rings. The summed E-state index contributed by atoms with van der Waals surface area (Å²) in [6.07, 6.45) is 6.22. The molecule has 0 aromatic carbocycles. The maximum Gasteiger partial charge on any atom is 0.416 e. The maximum atomic E-state index is 12.1. The molecule has 0 unspecified atom stereocenters. The van der Waals surface area contributed by atoms with Crippen LogP contribution in [0, 0.1) is 12.3 Å². The summed E-state index contributed by atoms with van der Waals surface area (Å²) in [6.45, 7) is 5.34. The quantitative estimate of drug-likeness (QED) is 0.764. The Labute approximate surface area is 126 Å². The van der Waals surface area contributed by atoms with Gasteiger partial charge in [-0.2, -0.15) is 0 Å². The third-order valence-corrected chi connectivity index (χ3v) is 3.20. The van der Waals surface area contributed by atoms with Gasteiger partial charge in [-0.15, -0.1) is 6.42 Å². The highest BCUT2D eigenvalue weighted by Gasteiger charge is 2.25. The molecule has 6 heteroatoms. The number of pyridine rings is 1. The first kappa shape index (κ1) is 15.8. The minimum Gasteiger partial charge on any atom is -0.443 e. The van der Waals surface area contributed by atoms with Gasteiger partial charge < -0.3 is 4.74 Å². The highest BCUT2D eigenvalue weighted by Crippen LogP contribution is 2.31. The minimum atomic E-state index is -0.623. The molecular weight excluding hydrogens is 332 g/mol. The van der Waals surface area contributed by atoms with Crippen molar-refractivity contribution in [3.63, 3.8) is 0 Å². The third-order valence-electron chi connectivity index (χ3n) is 1.94. The van der Waals surface area contributed by atoms with Crippen molar-refractivity contribution in [1.82, 2.24) is 4.98 Å². The summed E-state index contributed by atoms with van der Waals surface area (Å²) in [5.74, 6) is 2.66. The molecule has 0 radical (unpaired) electrons. The first-order valence-corrected chi connectivity index (χ1v) is 6.67. The lowest BCUT2D eigenvalue weighted by molar-refractivity contribution is 0.0584. The second-order valence-corrected chi connectivity index (χ2v) is 5.93. The molecule has 4 nitrogen and oxygen atoms in total.